The fourth-order valence-corrected chi connectivity index (χ4v) is 6.18. The lowest BCUT2D eigenvalue weighted by atomic mass is 9.99. The van der Waals surface area contributed by atoms with E-state index in [2.05, 4.69) is 6.92 Å². The Kier molecular flexibility index (Phi) is 5.08. The number of rotatable bonds is 4. The van der Waals surface area contributed by atoms with Gasteiger partial charge in [-0.3, -0.25) is 4.79 Å². The lowest BCUT2D eigenvalue weighted by Gasteiger charge is -2.30. The third-order valence-corrected chi connectivity index (χ3v) is 8.21. The Morgan fingerprint density at radius 2 is 1.83 bits per heavy atom. The van der Waals surface area contributed by atoms with Gasteiger partial charge in [-0.05, 0) is 43.7 Å². The summed E-state index contributed by atoms with van der Waals surface area (Å²) in [5.74, 6) is 0.807. The van der Waals surface area contributed by atoms with Gasteiger partial charge >= 0.3 is 0 Å². The Morgan fingerprint density at radius 3 is 2.48 bits per heavy atom. The average Bonchev–Trinajstić information content (AvgIpc) is 3.19. The van der Waals surface area contributed by atoms with Crippen LogP contribution in [0.3, 0.4) is 0 Å². The summed E-state index contributed by atoms with van der Waals surface area (Å²) >= 11 is 1.24. The highest BCUT2D eigenvalue weighted by molar-refractivity contribution is 7.91. The van der Waals surface area contributed by atoms with Crippen molar-refractivity contribution < 1.29 is 13.2 Å². The lowest BCUT2D eigenvalue weighted by Crippen LogP contribution is -2.38. The standard InChI is InChI=1S/C16H24N2O3S2/c1-13-6-10-17(11-7-13)15(19)12-14-4-5-16(22-14)23(20,21)18-8-2-3-9-18/h4-5,13H,2-3,6-12H2,1H3. The molecular formula is C16H24N2O3S2. The first kappa shape index (κ1) is 16.9. The van der Waals surface area contributed by atoms with Crippen LogP contribution < -0.4 is 0 Å². The molecule has 2 aliphatic heterocycles. The van der Waals surface area contributed by atoms with Crippen LogP contribution in [-0.2, 0) is 21.2 Å². The van der Waals surface area contributed by atoms with Crippen LogP contribution in [-0.4, -0.2) is 49.7 Å². The van der Waals surface area contributed by atoms with Crippen LogP contribution in [0.4, 0.5) is 0 Å². The summed E-state index contributed by atoms with van der Waals surface area (Å²) in [5, 5.41) is 0. The fraction of sp³-hybridized carbons (Fsp3) is 0.688. The van der Waals surface area contributed by atoms with E-state index in [4.69, 9.17) is 0 Å². The van der Waals surface area contributed by atoms with Crippen molar-refractivity contribution in [2.24, 2.45) is 5.92 Å². The van der Waals surface area contributed by atoms with Crippen LogP contribution in [0, 0.1) is 5.92 Å². The fourth-order valence-electron chi connectivity index (χ4n) is 3.17. The maximum atomic E-state index is 12.5. The number of hydrogen-bond acceptors (Lipinski definition) is 4. The molecule has 23 heavy (non-hydrogen) atoms. The Labute approximate surface area is 142 Å². The summed E-state index contributed by atoms with van der Waals surface area (Å²) < 4.78 is 26.9. The monoisotopic (exact) mass is 356 g/mol. The zero-order valence-electron chi connectivity index (χ0n) is 13.5. The van der Waals surface area contributed by atoms with Crippen molar-refractivity contribution in [2.75, 3.05) is 26.2 Å². The van der Waals surface area contributed by atoms with Crippen LogP contribution in [0.2, 0.25) is 0 Å². The Balaban J connectivity index is 1.64. The van der Waals surface area contributed by atoms with Crippen LogP contribution in [0.15, 0.2) is 16.3 Å². The molecule has 0 atom stereocenters. The van der Waals surface area contributed by atoms with Gasteiger partial charge in [-0.25, -0.2) is 8.42 Å². The molecule has 3 heterocycles. The predicted molar refractivity (Wildman–Crippen MR) is 91.0 cm³/mol. The Hall–Kier alpha value is -0.920. The minimum atomic E-state index is -3.36. The number of sulfonamides is 1. The number of carbonyl (C=O) groups excluding carboxylic acids is 1. The van der Waals surface area contributed by atoms with E-state index >= 15 is 0 Å². The van der Waals surface area contributed by atoms with Crippen molar-refractivity contribution >= 4 is 27.3 Å². The molecule has 2 saturated heterocycles. The van der Waals surface area contributed by atoms with E-state index in [-0.39, 0.29) is 5.91 Å². The van der Waals surface area contributed by atoms with Crippen molar-refractivity contribution in [1.82, 2.24) is 9.21 Å². The van der Waals surface area contributed by atoms with Crippen LogP contribution in [0.1, 0.15) is 37.5 Å². The minimum absolute atomic E-state index is 0.115. The molecule has 2 aliphatic rings. The molecule has 0 saturated carbocycles. The topological polar surface area (TPSA) is 57.7 Å². The maximum absolute atomic E-state index is 12.5. The molecule has 0 N–H and O–H groups in total. The van der Waals surface area contributed by atoms with Crippen molar-refractivity contribution in [1.29, 1.82) is 0 Å². The van der Waals surface area contributed by atoms with E-state index in [9.17, 15) is 13.2 Å². The summed E-state index contributed by atoms with van der Waals surface area (Å²) in [6, 6.07) is 3.44. The second-order valence-corrected chi connectivity index (χ2v) is 9.91. The third kappa shape index (κ3) is 3.78. The van der Waals surface area contributed by atoms with Gasteiger partial charge in [0, 0.05) is 31.1 Å². The van der Waals surface area contributed by atoms with Gasteiger partial charge in [-0.2, -0.15) is 4.31 Å². The number of nitrogens with zero attached hydrogens (tertiary/aromatic N) is 2. The number of likely N-dealkylation sites (tertiary alicyclic amines) is 1. The molecule has 2 fully saturated rings. The zero-order valence-corrected chi connectivity index (χ0v) is 15.2. The highest BCUT2D eigenvalue weighted by Gasteiger charge is 2.29. The molecule has 0 radical (unpaired) electrons. The average molecular weight is 357 g/mol. The third-order valence-electron chi connectivity index (χ3n) is 4.76. The van der Waals surface area contributed by atoms with Crippen molar-refractivity contribution in [3.8, 4) is 0 Å². The molecule has 3 rings (SSSR count). The van der Waals surface area contributed by atoms with Gasteiger partial charge in [0.1, 0.15) is 4.21 Å². The van der Waals surface area contributed by atoms with Gasteiger partial charge in [-0.15, -0.1) is 11.3 Å². The van der Waals surface area contributed by atoms with Crippen LogP contribution in [0.5, 0.6) is 0 Å². The van der Waals surface area contributed by atoms with Gasteiger partial charge in [0.15, 0.2) is 0 Å². The molecular weight excluding hydrogens is 332 g/mol. The van der Waals surface area contributed by atoms with Gasteiger partial charge in [0.2, 0.25) is 5.91 Å². The molecule has 5 nitrogen and oxygen atoms in total. The maximum Gasteiger partial charge on any atom is 0.252 e. The van der Waals surface area contributed by atoms with E-state index < -0.39 is 10.0 Å². The van der Waals surface area contributed by atoms with E-state index in [1.165, 1.54) is 11.3 Å². The molecule has 1 aromatic heterocycles. The van der Waals surface area contributed by atoms with Crippen LogP contribution >= 0.6 is 11.3 Å². The van der Waals surface area contributed by atoms with E-state index in [1.807, 2.05) is 4.90 Å². The van der Waals surface area contributed by atoms with E-state index in [0.29, 0.717) is 29.6 Å². The first-order valence-corrected chi connectivity index (χ1v) is 10.6. The molecule has 0 aromatic carbocycles. The molecule has 7 heteroatoms. The summed E-state index contributed by atoms with van der Waals surface area (Å²) in [6.45, 7) is 5.09. The predicted octanol–water partition coefficient (Wildman–Crippen LogP) is 2.33. The van der Waals surface area contributed by atoms with Crippen molar-refractivity contribution in [3.05, 3.63) is 17.0 Å². The highest BCUT2D eigenvalue weighted by atomic mass is 32.2. The molecule has 128 valence electrons. The summed E-state index contributed by atoms with van der Waals surface area (Å²) in [7, 11) is -3.36. The first-order valence-electron chi connectivity index (χ1n) is 8.33. The molecule has 0 bridgehead atoms. The van der Waals surface area contributed by atoms with Gasteiger partial charge < -0.3 is 4.90 Å². The summed E-state index contributed by atoms with van der Waals surface area (Å²) in [5.41, 5.74) is 0. The lowest BCUT2D eigenvalue weighted by molar-refractivity contribution is -0.131. The number of thiophene rings is 1. The van der Waals surface area contributed by atoms with E-state index in [1.54, 1.807) is 16.4 Å². The Morgan fingerprint density at radius 1 is 1.17 bits per heavy atom. The molecule has 1 amide bonds. The van der Waals surface area contributed by atoms with Gasteiger partial charge in [0.05, 0.1) is 6.42 Å². The summed E-state index contributed by atoms with van der Waals surface area (Å²) in [6.07, 6.45) is 4.30. The normalized spacial score (nSPS) is 21.0. The number of amides is 1. The van der Waals surface area contributed by atoms with E-state index in [0.717, 1.165) is 43.6 Å². The second-order valence-electron chi connectivity index (χ2n) is 6.57. The summed E-state index contributed by atoms with van der Waals surface area (Å²) in [4.78, 5) is 15.1. The molecule has 1 aromatic rings. The van der Waals surface area contributed by atoms with Gasteiger partial charge in [0.25, 0.3) is 10.0 Å². The largest absolute Gasteiger partial charge is 0.342 e. The molecule has 0 unspecified atom stereocenters. The quantitative estimate of drug-likeness (QED) is 0.832. The SMILES string of the molecule is CC1CCN(C(=O)Cc2ccc(S(=O)(=O)N3CCCC3)s2)CC1. The molecule has 0 aliphatic carbocycles. The highest BCUT2D eigenvalue weighted by Crippen LogP contribution is 2.28. The smallest absolute Gasteiger partial charge is 0.252 e. The second kappa shape index (κ2) is 6.91. The molecule has 0 spiro atoms. The van der Waals surface area contributed by atoms with Crippen LogP contribution in [0.25, 0.3) is 0 Å². The zero-order chi connectivity index (χ0) is 16.4. The van der Waals surface area contributed by atoms with Gasteiger partial charge in [-0.1, -0.05) is 6.92 Å². The minimum Gasteiger partial charge on any atom is -0.342 e. The first-order chi connectivity index (χ1) is 11.0. The number of piperidine rings is 1. The van der Waals surface area contributed by atoms with Crippen molar-refractivity contribution in [3.63, 3.8) is 0 Å². The number of carbonyl (C=O) groups is 1. The Bertz CT molecular complexity index is 655. The van der Waals surface area contributed by atoms with Crippen molar-refractivity contribution in [2.45, 2.75) is 43.2 Å². The number of hydrogen-bond donors (Lipinski definition) is 0.